The van der Waals surface area contributed by atoms with Crippen molar-refractivity contribution in [2.75, 3.05) is 5.32 Å². The summed E-state index contributed by atoms with van der Waals surface area (Å²) in [5.41, 5.74) is 8.25. The highest BCUT2D eigenvalue weighted by Gasteiger charge is 2.08. The van der Waals surface area contributed by atoms with Crippen LogP contribution in [0.1, 0.15) is 21.6 Å². The lowest BCUT2D eigenvalue weighted by Gasteiger charge is -2.06. The minimum absolute atomic E-state index is 0.262. The molecule has 0 aliphatic heterocycles. The number of hydrogen-bond acceptors (Lipinski definition) is 3. The molecule has 1 aromatic carbocycles. The van der Waals surface area contributed by atoms with E-state index in [1.54, 1.807) is 12.1 Å². The van der Waals surface area contributed by atoms with Crippen molar-refractivity contribution in [3.63, 3.8) is 0 Å². The molecule has 0 radical (unpaired) electrons. The van der Waals surface area contributed by atoms with E-state index < -0.39 is 0 Å². The summed E-state index contributed by atoms with van der Waals surface area (Å²) in [6.45, 7) is 1.96. The molecule has 19 heavy (non-hydrogen) atoms. The molecular formula is C14H13N3OS. The van der Waals surface area contributed by atoms with Gasteiger partial charge in [0.1, 0.15) is 10.7 Å². The summed E-state index contributed by atoms with van der Waals surface area (Å²) in [7, 11) is 0. The zero-order chi connectivity index (χ0) is 13.8. The second-order valence-electron chi connectivity index (χ2n) is 4.12. The Morgan fingerprint density at radius 1 is 1.32 bits per heavy atom. The Labute approximate surface area is 116 Å². The third-order valence-corrected chi connectivity index (χ3v) is 2.79. The first-order chi connectivity index (χ1) is 9.06. The van der Waals surface area contributed by atoms with Gasteiger partial charge in [-0.05, 0) is 36.8 Å². The fraction of sp³-hybridized carbons (Fsp3) is 0.0714. The van der Waals surface area contributed by atoms with Gasteiger partial charge in [-0.1, -0.05) is 24.4 Å². The van der Waals surface area contributed by atoms with Crippen molar-refractivity contribution in [3.8, 4) is 0 Å². The van der Waals surface area contributed by atoms with Crippen molar-refractivity contribution in [1.82, 2.24) is 4.98 Å². The average molecular weight is 271 g/mol. The van der Waals surface area contributed by atoms with Crippen molar-refractivity contribution in [2.45, 2.75) is 6.92 Å². The van der Waals surface area contributed by atoms with E-state index in [1.807, 2.05) is 31.2 Å². The molecule has 96 valence electrons. The number of nitrogens with two attached hydrogens (primary N) is 1. The number of carbonyl (C=O) groups is 1. The smallest absolute Gasteiger partial charge is 0.274 e. The van der Waals surface area contributed by atoms with Crippen LogP contribution in [-0.2, 0) is 0 Å². The molecular weight excluding hydrogens is 258 g/mol. The van der Waals surface area contributed by atoms with Crippen molar-refractivity contribution < 1.29 is 4.79 Å². The fourth-order valence-corrected chi connectivity index (χ4v) is 1.71. The molecule has 0 spiro atoms. The standard InChI is InChI=1S/C14H13N3OS/c1-9-3-2-4-11(7-9)17-14(18)12-6-5-10(8-16-12)13(15)19/h2-8H,1H3,(H2,15,19)(H,17,18). The van der Waals surface area contributed by atoms with E-state index in [4.69, 9.17) is 18.0 Å². The second kappa shape index (κ2) is 5.58. The minimum Gasteiger partial charge on any atom is -0.389 e. The van der Waals surface area contributed by atoms with Crippen LogP contribution in [0, 0.1) is 6.92 Å². The predicted molar refractivity (Wildman–Crippen MR) is 79.3 cm³/mol. The van der Waals surface area contributed by atoms with E-state index in [0.29, 0.717) is 11.3 Å². The van der Waals surface area contributed by atoms with Crippen molar-refractivity contribution in [3.05, 3.63) is 59.4 Å². The van der Waals surface area contributed by atoms with Gasteiger partial charge in [0.2, 0.25) is 0 Å². The van der Waals surface area contributed by atoms with Gasteiger partial charge in [0.05, 0.1) is 0 Å². The van der Waals surface area contributed by atoms with Crippen molar-refractivity contribution in [1.29, 1.82) is 0 Å². The van der Waals surface area contributed by atoms with Gasteiger partial charge in [0, 0.05) is 17.4 Å². The maximum absolute atomic E-state index is 12.0. The maximum atomic E-state index is 12.0. The number of pyridine rings is 1. The topological polar surface area (TPSA) is 68.0 Å². The molecule has 3 N–H and O–H groups in total. The normalized spacial score (nSPS) is 9.95. The van der Waals surface area contributed by atoms with Crippen LogP contribution in [0.3, 0.4) is 0 Å². The molecule has 4 nitrogen and oxygen atoms in total. The number of aryl methyl sites for hydroxylation is 1. The summed E-state index contributed by atoms with van der Waals surface area (Å²) in [6.07, 6.45) is 1.49. The van der Waals surface area contributed by atoms with E-state index in [-0.39, 0.29) is 10.9 Å². The average Bonchev–Trinajstić information content (AvgIpc) is 2.39. The lowest BCUT2D eigenvalue weighted by molar-refractivity contribution is 0.102. The summed E-state index contributed by atoms with van der Waals surface area (Å²) < 4.78 is 0. The monoisotopic (exact) mass is 271 g/mol. The molecule has 2 rings (SSSR count). The van der Waals surface area contributed by atoms with Crippen LogP contribution < -0.4 is 11.1 Å². The van der Waals surface area contributed by atoms with E-state index >= 15 is 0 Å². The second-order valence-corrected chi connectivity index (χ2v) is 4.56. The molecule has 0 aliphatic carbocycles. The van der Waals surface area contributed by atoms with Crippen LogP contribution in [0.25, 0.3) is 0 Å². The predicted octanol–water partition coefficient (Wildman–Crippen LogP) is 2.28. The number of anilines is 1. The molecule has 2 aromatic rings. The Morgan fingerprint density at radius 3 is 2.68 bits per heavy atom. The number of thiocarbonyl (C=S) groups is 1. The molecule has 1 aromatic heterocycles. The number of hydrogen-bond donors (Lipinski definition) is 2. The highest BCUT2D eigenvalue weighted by Crippen LogP contribution is 2.11. The van der Waals surface area contributed by atoms with Gasteiger partial charge < -0.3 is 11.1 Å². The Hall–Kier alpha value is -2.27. The number of nitrogens with zero attached hydrogens (tertiary/aromatic N) is 1. The molecule has 0 bridgehead atoms. The van der Waals surface area contributed by atoms with Gasteiger partial charge in [-0.3, -0.25) is 9.78 Å². The zero-order valence-electron chi connectivity index (χ0n) is 10.4. The number of amides is 1. The highest BCUT2D eigenvalue weighted by molar-refractivity contribution is 7.80. The molecule has 0 saturated heterocycles. The van der Waals surface area contributed by atoms with Crippen LogP contribution in [0.2, 0.25) is 0 Å². The first kappa shape index (κ1) is 13.2. The van der Waals surface area contributed by atoms with Gasteiger partial charge in [-0.2, -0.15) is 0 Å². The lowest BCUT2D eigenvalue weighted by Crippen LogP contribution is -2.15. The van der Waals surface area contributed by atoms with Gasteiger partial charge >= 0.3 is 0 Å². The Bertz CT molecular complexity index is 623. The lowest BCUT2D eigenvalue weighted by atomic mass is 10.2. The number of carbonyl (C=O) groups excluding carboxylic acids is 1. The Kier molecular flexibility index (Phi) is 3.87. The number of benzene rings is 1. The first-order valence-corrected chi connectivity index (χ1v) is 6.11. The van der Waals surface area contributed by atoms with Crippen molar-refractivity contribution >= 4 is 28.8 Å². The quantitative estimate of drug-likeness (QED) is 0.840. The Balaban J connectivity index is 2.14. The number of aromatic nitrogens is 1. The van der Waals surface area contributed by atoms with Crippen LogP contribution in [0.5, 0.6) is 0 Å². The molecule has 5 heteroatoms. The Morgan fingerprint density at radius 2 is 2.11 bits per heavy atom. The number of rotatable bonds is 3. The van der Waals surface area contributed by atoms with Crippen LogP contribution in [0.15, 0.2) is 42.6 Å². The summed E-state index contributed by atoms with van der Waals surface area (Å²) in [5.74, 6) is -0.264. The van der Waals surface area contributed by atoms with Crippen molar-refractivity contribution in [2.24, 2.45) is 5.73 Å². The maximum Gasteiger partial charge on any atom is 0.274 e. The van der Waals surface area contributed by atoms with Crippen LogP contribution in [-0.4, -0.2) is 15.9 Å². The molecule has 0 unspecified atom stereocenters. The summed E-state index contributed by atoms with van der Waals surface area (Å²) in [6, 6.07) is 10.8. The highest BCUT2D eigenvalue weighted by atomic mass is 32.1. The summed E-state index contributed by atoms with van der Waals surface area (Å²) in [4.78, 5) is 16.3. The van der Waals surface area contributed by atoms with Gasteiger partial charge in [-0.15, -0.1) is 0 Å². The van der Waals surface area contributed by atoms with E-state index in [0.717, 1.165) is 11.3 Å². The zero-order valence-corrected chi connectivity index (χ0v) is 11.2. The minimum atomic E-state index is -0.264. The van der Waals surface area contributed by atoms with Gasteiger partial charge in [0.25, 0.3) is 5.91 Å². The molecule has 1 amide bonds. The molecule has 0 atom stereocenters. The molecule has 0 saturated carbocycles. The van der Waals surface area contributed by atoms with Crippen LogP contribution in [0.4, 0.5) is 5.69 Å². The summed E-state index contributed by atoms with van der Waals surface area (Å²) >= 11 is 4.83. The first-order valence-electron chi connectivity index (χ1n) is 5.70. The third kappa shape index (κ3) is 3.35. The van der Waals surface area contributed by atoms with E-state index in [1.165, 1.54) is 6.20 Å². The fourth-order valence-electron chi connectivity index (χ4n) is 1.59. The van der Waals surface area contributed by atoms with E-state index in [9.17, 15) is 4.79 Å². The van der Waals surface area contributed by atoms with Gasteiger partial charge in [0.15, 0.2) is 0 Å². The van der Waals surface area contributed by atoms with E-state index in [2.05, 4.69) is 10.3 Å². The molecule has 0 aliphatic rings. The molecule has 0 fully saturated rings. The van der Waals surface area contributed by atoms with Crippen LogP contribution >= 0.6 is 12.2 Å². The molecule has 1 heterocycles. The van der Waals surface area contributed by atoms with Gasteiger partial charge in [-0.25, -0.2) is 0 Å². The third-order valence-electron chi connectivity index (χ3n) is 2.56. The number of nitrogens with one attached hydrogen (secondary N) is 1. The summed E-state index contributed by atoms with van der Waals surface area (Å²) in [5, 5.41) is 2.78. The largest absolute Gasteiger partial charge is 0.389 e. The SMILES string of the molecule is Cc1cccc(NC(=O)c2ccc(C(N)=S)cn2)c1.